The molecule has 2 heterocycles. The van der Waals surface area contributed by atoms with E-state index in [0.29, 0.717) is 31.6 Å². The van der Waals surface area contributed by atoms with Crippen molar-refractivity contribution in [2.75, 3.05) is 6.54 Å². The van der Waals surface area contributed by atoms with Crippen LogP contribution in [-0.2, 0) is 25.9 Å². The molecule has 0 radical (unpaired) electrons. The zero-order chi connectivity index (χ0) is 22.5. The van der Waals surface area contributed by atoms with Crippen molar-refractivity contribution in [1.29, 1.82) is 0 Å². The second-order valence-electron chi connectivity index (χ2n) is 7.83. The average Bonchev–Trinajstić information content (AvgIpc) is 2.79. The number of phenolic OH excluding ortho intramolecular Hbond substituents is 1. The Balaban J connectivity index is 1.66. The Morgan fingerprint density at radius 1 is 1.03 bits per heavy atom. The first-order valence-electron chi connectivity index (χ1n) is 10.7. The van der Waals surface area contributed by atoms with Gasteiger partial charge in [0.05, 0.1) is 0 Å². The van der Waals surface area contributed by atoms with Crippen LogP contribution in [0.15, 0.2) is 76.1 Å². The number of pyridine rings is 1. The third kappa shape index (κ3) is 5.21. The summed E-state index contributed by atoms with van der Waals surface area (Å²) in [6.07, 6.45) is 3.18. The SMILES string of the molecule is CCc1cc2c(CN(CCc3ccccn3)Cc3ccc(F)cc3)cc(=O)oc2cc1O. The third-order valence-corrected chi connectivity index (χ3v) is 5.53. The summed E-state index contributed by atoms with van der Waals surface area (Å²) in [5.41, 5.74) is 3.50. The number of hydrogen-bond acceptors (Lipinski definition) is 5. The van der Waals surface area contributed by atoms with Crippen LogP contribution in [0.1, 0.15) is 29.3 Å². The average molecular weight is 432 g/mol. The van der Waals surface area contributed by atoms with E-state index in [1.54, 1.807) is 18.3 Å². The summed E-state index contributed by atoms with van der Waals surface area (Å²) in [4.78, 5) is 18.8. The lowest BCUT2D eigenvalue weighted by atomic mass is 10.0. The smallest absolute Gasteiger partial charge is 0.336 e. The van der Waals surface area contributed by atoms with Crippen LogP contribution in [0.2, 0.25) is 0 Å². The summed E-state index contributed by atoms with van der Waals surface area (Å²) < 4.78 is 18.7. The van der Waals surface area contributed by atoms with Gasteiger partial charge in [-0.05, 0) is 53.4 Å². The zero-order valence-corrected chi connectivity index (χ0v) is 17.9. The quantitative estimate of drug-likeness (QED) is 0.404. The summed E-state index contributed by atoms with van der Waals surface area (Å²) in [5, 5.41) is 11.0. The molecular formula is C26H25FN2O3. The molecule has 2 aromatic carbocycles. The van der Waals surface area contributed by atoms with E-state index in [-0.39, 0.29) is 11.6 Å². The van der Waals surface area contributed by atoms with Gasteiger partial charge in [0.2, 0.25) is 0 Å². The Hall–Kier alpha value is -3.51. The molecule has 0 aliphatic carbocycles. The predicted octanol–water partition coefficient (Wildman–Crippen LogP) is 4.84. The van der Waals surface area contributed by atoms with E-state index in [9.17, 15) is 14.3 Å². The Morgan fingerprint density at radius 3 is 2.56 bits per heavy atom. The molecule has 0 amide bonds. The van der Waals surface area contributed by atoms with E-state index >= 15 is 0 Å². The third-order valence-electron chi connectivity index (χ3n) is 5.53. The molecular weight excluding hydrogens is 407 g/mol. The van der Waals surface area contributed by atoms with Crippen LogP contribution in [0.4, 0.5) is 4.39 Å². The van der Waals surface area contributed by atoms with E-state index in [4.69, 9.17) is 4.42 Å². The molecule has 0 atom stereocenters. The summed E-state index contributed by atoms with van der Waals surface area (Å²) in [5.74, 6) is -0.147. The molecule has 2 aromatic heterocycles. The molecule has 32 heavy (non-hydrogen) atoms. The molecule has 0 aliphatic rings. The molecule has 0 unspecified atom stereocenters. The molecule has 4 rings (SSSR count). The highest BCUT2D eigenvalue weighted by Crippen LogP contribution is 2.28. The minimum atomic E-state index is -0.456. The van der Waals surface area contributed by atoms with Crippen molar-refractivity contribution < 1.29 is 13.9 Å². The van der Waals surface area contributed by atoms with E-state index < -0.39 is 5.63 Å². The number of fused-ring (bicyclic) bond motifs is 1. The molecule has 164 valence electrons. The normalized spacial score (nSPS) is 11.3. The molecule has 0 saturated heterocycles. The van der Waals surface area contributed by atoms with Gasteiger partial charge in [0, 0.05) is 55.5 Å². The summed E-state index contributed by atoms with van der Waals surface area (Å²) in [6, 6.07) is 17.2. The topological polar surface area (TPSA) is 66.6 Å². The van der Waals surface area contributed by atoms with Crippen molar-refractivity contribution in [3.8, 4) is 5.75 Å². The van der Waals surface area contributed by atoms with Gasteiger partial charge < -0.3 is 9.52 Å². The number of aromatic nitrogens is 1. The van der Waals surface area contributed by atoms with E-state index in [1.165, 1.54) is 24.3 Å². The number of aromatic hydroxyl groups is 1. The molecule has 0 bridgehead atoms. The van der Waals surface area contributed by atoms with E-state index in [0.717, 1.165) is 34.2 Å². The maximum Gasteiger partial charge on any atom is 0.336 e. The molecule has 6 heteroatoms. The fraction of sp³-hybridized carbons (Fsp3) is 0.231. The van der Waals surface area contributed by atoms with Crippen LogP contribution in [0.25, 0.3) is 11.0 Å². The molecule has 0 saturated carbocycles. The summed E-state index contributed by atoms with van der Waals surface area (Å²) >= 11 is 0. The molecule has 0 aliphatic heterocycles. The fourth-order valence-electron chi connectivity index (χ4n) is 3.84. The van der Waals surface area contributed by atoms with Crippen molar-refractivity contribution >= 4 is 11.0 Å². The largest absolute Gasteiger partial charge is 0.508 e. The zero-order valence-electron chi connectivity index (χ0n) is 17.9. The van der Waals surface area contributed by atoms with Crippen LogP contribution in [0, 0.1) is 5.82 Å². The van der Waals surface area contributed by atoms with E-state index in [2.05, 4.69) is 9.88 Å². The van der Waals surface area contributed by atoms with Gasteiger partial charge in [-0.15, -0.1) is 0 Å². The highest BCUT2D eigenvalue weighted by atomic mass is 19.1. The number of benzene rings is 2. The number of nitrogens with zero attached hydrogens (tertiary/aromatic N) is 2. The number of aryl methyl sites for hydroxylation is 1. The lowest BCUT2D eigenvalue weighted by Gasteiger charge is -2.23. The van der Waals surface area contributed by atoms with Gasteiger partial charge in [-0.2, -0.15) is 0 Å². The van der Waals surface area contributed by atoms with Crippen molar-refractivity contribution in [2.45, 2.75) is 32.9 Å². The second-order valence-corrected chi connectivity index (χ2v) is 7.83. The minimum Gasteiger partial charge on any atom is -0.508 e. The first kappa shape index (κ1) is 21.7. The molecule has 1 N–H and O–H groups in total. The fourth-order valence-corrected chi connectivity index (χ4v) is 3.84. The van der Waals surface area contributed by atoms with Crippen molar-refractivity contribution in [1.82, 2.24) is 9.88 Å². The number of halogens is 1. The maximum atomic E-state index is 13.4. The number of phenols is 1. The van der Waals surface area contributed by atoms with Gasteiger partial charge in [0.25, 0.3) is 0 Å². The first-order valence-corrected chi connectivity index (χ1v) is 10.7. The van der Waals surface area contributed by atoms with Crippen molar-refractivity contribution in [2.24, 2.45) is 0 Å². The standard InChI is InChI=1S/C26H25FN2O3/c1-2-19-13-23-20(14-26(31)32-25(23)15-24(19)30)17-29(12-10-22-5-3-4-11-28-22)16-18-6-8-21(27)9-7-18/h3-9,11,13-15,30H,2,10,12,16-17H2,1H3. The van der Waals surface area contributed by atoms with Crippen molar-refractivity contribution in [3.05, 3.63) is 105 Å². The highest BCUT2D eigenvalue weighted by Gasteiger charge is 2.14. The highest BCUT2D eigenvalue weighted by molar-refractivity contribution is 5.82. The first-order chi connectivity index (χ1) is 15.5. The Bertz CT molecular complexity index is 1250. The molecule has 0 spiro atoms. The lowest BCUT2D eigenvalue weighted by molar-refractivity contribution is 0.259. The Morgan fingerprint density at radius 2 is 1.84 bits per heavy atom. The van der Waals surface area contributed by atoms with Crippen LogP contribution >= 0.6 is 0 Å². The van der Waals surface area contributed by atoms with Crippen LogP contribution < -0.4 is 5.63 Å². The van der Waals surface area contributed by atoms with Gasteiger partial charge in [0.1, 0.15) is 17.1 Å². The van der Waals surface area contributed by atoms with Gasteiger partial charge in [0.15, 0.2) is 0 Å². The monoisotopic (exact) mass is 432 g/mol. The predicted molar refractivity (Wildman–Crippen MR) is 122 cm³/mol. The number of hydrogen-bond donors (Lipinski definition) is 1. The molecule has 0 fully saturated rings. The maximum absolute atomic E-state index is 13.4. The van der Waals surface area contributed by atoms with Gasteiger partial charge in [-0.3, -0.25) is 9.88 Å². The summed E-state index contributed by atoms with van der Waals surface area (Å²) in [6.45, 7) is 3.76. The number of rotatable bonds is 8. The van der Waals surface area contributed by atoms with Gasteiger partial charge in [-0.25, -0.2) is 9.18 Å². The molecule has 5 nitrogen and oxygen atoms in total. The van der Waals surface area contributed by atoms with Crippen LogP contribution in [-0.4, -0.2) is 21.5 Å². The summed E-state index contributed by atoms with van der Waals surface area (Å²) in [7, 11) is 0. The van der Waals surface area contributed by atoms with Crippen LogP contribution in [0.5, 0.6) is 5.75 Å². The van der Waals surface area contributed by atoms with Crippen molar-refractivity contribution in [3.63, 3.8) is 0 Å². The van der Waals surface area contributed by atoms with Gasteiger partial charge in [-0.1, -0.05) is 25.1 Å². The van der Waals surface area contributed by atoms with Crippen LogP contribution in [0.3, 0.4) is 0 Å². The molecule has 4 aromatic rings. The lowest BCUT2D eigenvalue weighted by Crippen LogP contribution is -2.26. The van der Waals surface area contributed by atoms with E-state index in [1.807, 2.05) is 31.2 Å². The Labute approximate surface area is 185 Å². The van der Waals surface area contributed by atoms with Gasteiger partial charge >= 0.3 is 5.63 Å². The second kappa shape index (κ2) is 9.75. The Kier molecular flexibility index (Phi) is 6.61. The minimum absolute atomic E-state index is 0.124.